The molecule has 16 heavy (non-hydrogen) atoms. The number of hydrogen-bond donors (Lipinski definition) is 2. The molecule has 0 heterocycles. The fourth-order valence-corrected chi connectivity index (χ4v) is 2.11. The molecule has 3 N–H and O–H groups in total. The molecule has 0 saturated heterocycles. The van der Waals surface area contributed by atoms with E-state index in [4.69, 9.17) is 5.73 Å². The van der Waals surface area contributed by atoms with Gasteiger partial charge in [-0.15, -0.1) is 0 Å². The first-order chi connectivity index (χ1) is 7.60. The van der Waals surface area contributed by atoms with Crippen molar-refractivity contribution in [3.63, 3.8) is 0 Å². The first-order valence-corrected chi connectivity index (χ1v) is 5.26. The molecule has 0 spiro atoms. The maximum atomic E-state index is 11.1. The molecule has 1 unspecified atom stereocenters. The summed E-state index contributed by atoms with van der Waals surface area (Å²) in [6.45, 7) is 0. The third-order valence-electron chi connectivity index (χ3n) is 2.93. The number of aromatic hydroxyl groups is 1. The van der Waals surface area contributed by atoms with Crippen molar-refractivity contribution in [2.45, 2.75) is 25.3 Å². The summed E-state index contributed by atoms with van der Waals surface area (Å²) in [5, 5.41) is 9.76. The van der Waals surface area contributed by atoms with E-state index in [-0.39, 0.29) is 24.2 Å². The van der Waals surface area contributed by atoms with Gasteiger partial charge in [0.25, 0.3) is 0 Å². The van der Waals surface area contributed by atoms with Crippen molar-refractivity contribution in [3.05, 3.63) is 28.8 Å². The largest absolute Gasteiger partial charge is 0.508 e. The van der Waals surface area contributed by atoms with Crippen LogP contribution in [0.2, 0.25) is 0 Å². The Labute approximate surface area is 94.0 Å². The molecule has 0 saturated carbocycles. The average Bonchev–Trinajstić information content (AvgIpc) is 2.58. The van der Waals surface area contributed by atoms with E-state index in [0.717, 1.165) is 24.0 Å². The van der Waals surface area contributed by atoms with Gasteiger partial charge in [0.05, 0.1) is 13.5 Å². The van der Waals surface area contributed by atoms with Gasteiger partial charge in [-0.1, -0.05) is 6.07 Å². The maximum absolute atomic E-state index is 11.1. The van der Waals surface area contributed by atoms with Crippen LogP contribution in [0.5, 0.6) is 5.75 Å². The lowest BCUT2D eigenvalue weighted by Crippen LogP contribution is -2.19. The number of methoxy groups -OCH3 is 1. The van der Waals surface area contributed by atoms with Gasteiger partial charge in [0.15, 0.2) is 0 Å². The molecule has 0 radical (unpaired) electrons. The van der Waals surface area contributed by atoms with Crippen molar-refractivity contribution in [1.82, 2.24) is 0 Å². The standard InChI is InChI=1S/C12H15NO3/c1-16-12(15)6-9-2-7-3-10(13)4-8(7)5-11(9)14/h2,5,10,14H,3-4,6,13H2,1H3. The number of phenolic OH excluding ortho intramolecular Hbond substituents is 1. The van der Waals surface area contributed by atoms with Crippen LogP contribution in [-0.2, 0) is 28.8 Å². The summed E-state index contributed by atoms with van der Waals surface area (Å²) >= 11 is 0. The molecule has 1 aromatic carbocycles. The molecule has 1 aliphatic rings. The number of fused-ring (bicyclic) bond motifs is 1. The Morgan fingerprint density at radius 1 is 1.50 bits per heavy atom. The number of esters is 1. The van der Waals surface area contributed by atoms with Gasteiger partial charge in [-0.2, -0.15) is 0 Å². The Kier molecular flexibility index (Phi) is 2.83. The molecule has 4 heteroatoms. The van der Waals surface area contributed by atoms with Crippen LogP contribution in [0.15, 0.2) is 12.1 Å². The molecule has 86 valence electrons. The highest BCUT2D eigenvalue weighted by molar-refractivity contribution is 5.73. The number of hydrogen-bond acceptors (Lipinski definition) is 4. The van der Waals surface area contributed by atoms with Crippen LogP contribution in [0.25, 0.3) is 0 Å². The van der Waals surface area contributed by atoms with Gasteiger partial charge in [0, 0.05) is 11.6 Å². The zero-order chi connectivity index (χ0) is 11.7. The van der Waals surface area contributed by atoms with Gasteiger partial charge < -0.3 is 15.6 Å². The maximum Gasteiger partial charge on any atom is 0.310 e. The molecular weight excluding hydrogens is 206 g/mol. The van der Waals surface area contributed by atoms with Crippen LogP contribution in [0, 0.1) is 0 Å². The van der Waals surface area contributed by atoms with E-state index in [1.165, 1.54) is 7.11 Å². The molecule has 0 fully saturated rings. The normalized spacial score (nSPS) is 18.2. The van der Waals surface area contributed by atoms with Gasteiger partial charge in [-0.3, -0.25) is 4.79 Å². The van der Waals surface area contributed by atoms with Crippen molar-refractivity contribution in [2.24, 2.45) is 5.73 Å². The van der Waals surface area contributed by atoms with Crippen molar-refractivity contribution >= 4 is 5.97 Å². The molecule has 0 aliphatic heterocycles. The first kappa shape index (κ1) is 11.0. The minimum Gasteiger partial charge on any atom is -0.508 e. The second-order valence-corrected chi connectivity index (χ2v) is 4.17. The zero-order valence-corrected chi connectivity index (χ0v) is 9.19. The molecule has 0 amide bonds. The Hall–Kier alpha value is -1.55. The van der Waals surface area contributed by atoms with Gasteiger partial charge >= 0.3 is 5.97 Å². The summed E-state index contributed by atoms with van der Waals surface area (Å²) in [5.74, 6) is -0.198. The molecule has 0 aromatic heterocycles. The Morgan fingerprint density at radius 2 is 2.12 bits per heavy atom. The number of rotatable bonds is 2. The smallest absolute Gasteiger partial charge is 0.310 e. The topological polar surface area (TPSA) is 72.5 Å². The van der Waals surface area contributed by atoms with Crippen molar-refractivity contribution < 1.29 is 14.6 Å². The van der Waals surface area contributed by atoms with E-state index < -0.39 is 0 Å². The van der Waals surface area contributed by atoms with Crippen molar-refractivity contribution in [2.75, 3.05) is 7.11 Å². The zero-order valence-electron chi connectivity index (χ0n) is 9.19. The minimum absolute atomic E-state index is 0.102. The van der Waals surface area contributed by atoms with E-state index in [1.54, 1.807) is 6.07 Å². The summed E-state index contributed by atoms with van der Waals surface area (Å²) in [6.07, 6.45) is 1.70. The summed E-state index contributed by atoms with van der Waals surface area (Å²) < 4.78 is 4.57. The molecule has 0 bridgehead atoms. The van der Waals surface area contributed by atoms with Crippen LogP contribution < -0.4 is 5.73 Å². The summed E-state index contributed by atoms with van der Waals surface area (Å²) in [5.41, 5.74) is 8.66. The number of carbonyl (C=O) groups excluding carboxylic acids is 1. The molecule has 1 aromatic rings. The first-order valence-electron chi connectivity index (χ1n) is 5.26. The predicted molar refractivity (Wildman–Crippen MR) is 59.2 cm³/mol. The highest BCUT2D eigenvalue weighted by Crippen LogP contribution is 2.29. The van der Waals surface area contributed by atoms with E-state index >= 15 is 0 Å². The third-order valence-corrected chi connectivity index (χ3v) is 2.93. The summed E-state index contributed by atoms with van der Waals surface area (Å²) in [4.78, 5) is 11.1. The van der Waals surface area contributed by atoms with Crippen LogP contribution in [0.4, 0.5) is 0 Å². The van der Waals surface area contributed by atoms with E-state index in [2.05, 4.69) is 4.74 Å². The molecule has 1 atom stereocenters. The van der Waals surface area contributed by atoms with Gasteiger partial charge in [-0.05, 0) is 30.0 Å². The second kappa shape index (κ2) is 4.14. The lowest BCUT2D eigenvalue weighted by atomic mass is 10.0. The fourth-order valence-electron chi connectivity index (χ4n) is 2.11. The van der Waals surface area contributed by atoms with E-state index in [9.17, 15) is 9.90 Å². The highest BCUT2D eigenvalue weighted by Gasteiger charge is 2.20. The summed E-state index contributed by atoms with van der Waals surface area (Å²) in [6, 6.07) is 3.69. The minimum atomic E-state index is -0.349. The highest BCUT2D eigenvalue weighted by atomic mass is 16.5. The predicted octanol–water partition coefficient (Wildman–Crippen LogP) is 0.534. The van der Waals surface area contributed by atoms with Crippen LogP contribution in [0.3, 0.4) is 0 Å². The lowest BCUT2D eigenvalue weighted by Gasteiger charge is -2.06. The van der Waals surface area contributed by atoms with Gasteiger partial charge in [-0.25, -0.2) is 0 Å². The van der Waals surface area contributed by atoms with Gasteiger partial charge in [0.2, 0.25) is 0 Å². The van der Waals surface area contributed by atoms with E-state index in [0.29, 0.717) is 5.56 Å². The molecule has 2 rings (SSSR count). The number of ether oxygens (including phenoxy) is 1. The average molecular weight is 221 g/mol. The number of phenols is 1. The Morgan fingerprint density at radius 3 is 2.75 bits per heavy atom. The quantitative estimate of drug-likeness (QED) is 0.715. The lowest BCUT2D eigenvalue weighted by molar-refractivity contribution is -0.139. The van der Waals surface area contributed by atoms with Gasteiger partial charge in [0.1, 0.15) is 5.75 Å². The number of carbonyl (C=O) groups is 1. The summed E-state index contributed by atoms with van der Waals surface area (Å²) in [7, 11) is 1.34. The molecule has 4 nitrogen and oxygen atoms in total. The molecular formula is C12H15NO3. The van der Waals surface area contributed by atoms with Crippen LogP contribution >= 0.6 is 0 Å². The van der Waals surface area contributed by atoms with Crippen molar-refractivity contribution in [1.29, 1.82) is 0 Å². The SMILES string of the molecule is COC(=O)Cc1cc2c(cc1O)CC(N)C2. The molecule has 1 aliphatic carbocycles. The number of nitrogens with two attached hydrogens (primary N) is 1. The van der Waals surface area contributed by atoms with E-state index in [1.807, 2.05) is 6.07 Å². The van der Waals surface area contributed by atoms with Crippen molar-refractivity contribution in [3.8, 4) is 5.75 Å². The Bertz CT molecular complexity index is 429. The fraction of sp³-hybridized carbons (Fsp3) is 0.417. The van der Waals surface area contributed by atoms with Crippen LogP contribution in [0.1, 0.15) is 16.7 Å². The van der Waals surface area contributed by atoms with Crippen LogP contribution in [-0.4, -0.2) is 24.2 Å². The number of benzene rings is 1. The third kappa shape index (κ3) is 2.02. The second-order valence-electron chi connectivity index (χ2n) is 4.17. The Balaban J connectivity index is 2.28. The monoisotopic (exact) mass is 221 g/mol.